The Morgan fingerprint density at radius 1 is 1.48 bits per heavy atom. The van der Waals surface area contributed by atoms with E-state index in [9.17, 15) is 17.6 Å². The molecule has 1 atom stereocenters. The standard InChI is InChI=1S/C15H21FN2O4S/c1-11-10-23(20,21)8-7-18(11)15(19)17-6-5-12-3-4-14(22-2)13(16)9-12/h3-4,9,11H,5-8,10H2,1-2H3,(H,17,19)/t11-/m1/s1. The first-order valence-electron chi connectivity index (χ1n) is 7.39. The Hall–Kier alpha value is -1.83. The SMILES string of the molecule is COc1ccc(CCNC(=O)N2CCS(=O)(=O)C[C@H]2C)cc1F. The lowest BCUT2D eigenvalue weighted by Gasteiger charge is -2.33. The van der Waals surface area contributed by atoms with Crippen molar-refractivity contribution < 1.29 is 22.3 Å². The lowest BCUT2D eigenvalue weighted by Crippen LogP contribution is -2.53. The van der Waals surface area contributed by atoms with Gasteiger partial charge in [-0.1, -0.05) is 6.07 Å². The molecule has 2 rings (SSSR count). The van der Waals surface area contributed by atoms with E-state index in [-0.39, 0.29) is 35.9 Å². The minimum absolute atomic E-state index is 0.00550. The van der Waals surface area contributed by atoms with Crippen LogP contribution in [-0.4, -0.2) is 57.1 Å². The molecule has 2 amide bonds. The summed E-state index contributed by atoms with van der Waals surface area (Å²) >= 11 is 0. The maximum atomic E-state index is 13.6. The molecule has 0 bridgehead atoms. The predicted octanol–water partition coefficient (Wildman–Crippen LogP) is 1.21. The summed E-state index contributed by atoms with van der Waals surface area (Å²) in [5.74, 6) is -0.272. The monoisotopic (exact) mass is 344 g/mol. The van der Waals surface area contributed by atoms with Crippen LogP contribution < -0.4 is 10.1 Å². The molecule has 23 heavy (non-hydrogen) atoms. The van der Waals surface area contributed by atoms with E-state index in [1.54, 1.807) is 19.1 Å². The molecule has 0 radical (unpaired) electrons. The molecule has 0 saturated carbocycles. The zero-order valence-electron chi connectivity index (χ0n) is 13.2. The van der Waals surface area contributed by atoms with E-state index >= 15 is 0 Å². The Labute approximate surface area is 135 Å². The fourth-order valence-corrected chi connectivity index (χ4v) is 4.14. The molecule has 6 nitrogen and oxygen atoms in total. The van der Waals surface area contributed by atoms with Crippen LogP contribution in [0.25, 0.3) is 0 Å². The smallest absolute Gasteiger partial charge is 0.317 e. The van der Waals surface area contributed by atoms with Crippen LogP contribution in [0, 0.1) is 5.82 Å². The maximum Gasteiger partial charge on any atom is 0.317 e. The molecule has 1 saturated heterocycles. The fraction of sp³-hybridized carbons (Fsp3) is 0.533. The Bertz CT molecular complexity index is 678. The summed E-state index contributed by atoms with van der Waals surface area (Å²) in [6, 6.07) is 4.03. The van der Waals surface area contributed by atoms with Gasteiger partial charge in [0.1, 0.15) is 0 Å². The topological polar surface area (TPSA) is 75.7 Å². The largest absolute Gasteiger partial charge is 0.494 e. The van der Waals surface area contributed by atoms with Gasteiger partial charge in [-0.05, 0) is 31.0 Å². The van der Waals surface area contributed by atoms with Gasteiger partial charge in [0.05, 0.1) is 18.6 Å². The van der Waals surface area contributed by atoms with Gasteiger partial charge in [0, 0.05) is 19.1 Å². The van der Waals surface area contributed by atoms with Gasteiger partial charge in [0.15, 0.2) is 21.4 Å². The number of benzene rings is 1. The molecule has 1 aromatic rings. The Morgan fingerprint density at radius 3 is 2.83 bits per heavy atom. The summed E-state index contributed by atoms with van der Waals surface area (Å²) in [5, 5.41) is 2.75. The van der Waals surface area contributed by atoms with Gasteiger partial charge in [0.25, 0.3) is 0 Å². The number of amides is 2. The molecular formula is C15H21FN2O4S. The fourth-order valence-electron chi connectivity index (χ4n) is 2.58. The van der Waals surface area contributed by atoms with Crippen LogP contribution in [0.4, 0.5) is 9.18 Å². The third kappa shape index (κ3) is 4.57. The van der Waals surface area contributed by atoms with E-state index in [0.29, 0.717) is 13.0 Å². The van der Waals surface area contributed by atoms with Crippen molar-refractivity contribution >= 4 is 15.9 Å². The summed E-state index contributed by atoms with van der Waals surface area (Å²) in [7, 11) is -1.65. The first kappa shape index (κ1) is 17.5. The second-order valence-electron chi connectivity index (χ2n) is 5.61. The molecule has 0 aromatic heterocycles. The van der Waals surface area contributed by atoms with Crippen molar-refractivity contribution in [2.75, 3.05) is 31.7 Å². The maximum absolute atomic E-state index is 13.6. The van der Waals surface area contributed by atoms with Gasteiger partial charge in [-0.3, -0.25) is 0 Å². The van der Waals surface area contributed by atoms with Gasteiger partial charge in [0.2, 0.25) is 0 Å². The van der Waals surface area contributed by atoms with Crippen molar-refractivity contribution in [2.45, 2.75) is 19.4 Å². The van der Waals surface area contributed by atoms with Crippen LogP contribution in [0.3, 0.4) is 0 Å². The zero-order chi connectivity index (χ0) is 17.0. The van der Waals surface area contributed by atoms with Crippen molar-refractivity contribution in [2.24, 2.45) is 0 Å². The minimum atomic E-state index is -3.05. The van der Waals surface area contributed by atoms with Gasteiger partial charge >= 0.3 is 6.03 Å². The number of halogens is 1. The Kier molecular flexibility index (Phi) is 5.46. The summed E-state index contributed by atoms with van der Waals surface area (Å²) in [6.07, 6.45) is 0.479. The summed E-state index contributed by atoms with van der Waals surface area (Å²) in [6.45, 7) is 2.27. The lowest BCUT2D eigenvalue weighted by molar-refractivity contribution is 0.185. The van der Waals surface area contributed by atoms with Crippen molar-refractivity contribution in [1.82, 2.24) is 10.2 Å². The van der Waals surface area contributed by atoms with Crippen LogP contribution in [0.1, 0.15) is 12.5 Å². The Balaban J connectivity index is 1.84. The van der Waals surface area contributed by atoms with Crippen LogP contribution in [0.2, 0.25) is 0 Å². The summed E-state index contributed by atoms with van der Waals surface area (Å²) in [4.78, 5) is 13.6. The molecule has 1 aliphatic rings. The summed E-state index contributed by atoms with van der Waals surface area (Å²) < 4.78 is 41.4. The highest BCUT2D eigenvalue weighted by Gasteiger charge is 2.30. The van der Waals surface area contributed by atoms with Crippen LogP contribution >= 0.6 is 0 Å². The molecule has 1 aromatic carbocycles. The number of carbonyl (C=O) groups is 1. The van der Waals surface area contributed by atoms with Crippen molar-refractivity contribution in [3.05, 3.63) is 29.6 Å². The third-order valence-corrected chi connectivity index (χ3v) is 5.63. The highest BCUT2D eigenvalue weighted by molar-refractivity contribution is 7.91. The number of hydrogen-bond acceptors (Lipinski definition) is 4. The van der Waals surface area contributed by atoms with Gasteiger partial charge < -0.3 is 15.0 Å². The predicted molar refractivity (Wildman–Crippen MR) is 84.9 cm³/mol. The number of nitrogens with zero attached hydrogens (tertiary/aromatic N) is 1. The molecule has 1 heterocycles. The Morgan fingerprint density at radius 2 is 2.22 bits per heavy atom. The molecule has 0 unspecified atom stereocenters. The molecular weight excluding hydrogens is 323 g/mol. The zero-order valence-corrected chi connectivity index (χ0v) is 14.0. The average molecular weight is 344 g/mol. The van der Waals surface area contributed by atoms with E-state index in [1.165, 1.54) is 18.1 Å². The number of hydrogen-bond donors (Lipinski definition) is 1. The van der Waals surface area contributed by atoms with Gasteiger partial charge in [-0.2, -0.15) is 0 Å². The second kappa shape index (κ2) is 7.16. The number of ether oxygens (including phenoxy) is 1. The number of sulfone groups is 1. The molecule has 1 N–H and O–H groups in total. The van der Waals surface area contributed by atoms with Gasteiger partial charge in [-0.15, -0.1) is 0 Å². The molecule has 8 heteroatoms. The molecule has 1 aliphatic heterocycles. The number of carbonyl (C=O) groups excluding carboxylic acids is 1. The van der Waals surface area contributed by atoms with E-state index < -0.39 is 15.7 Å². The molecule has 0 aliphatic carbocycles. The van der Waals surface area contributed by atoms with Crippen molar-refractivity contribution in [3.63, 3.8) is 0 Å². The van der Waals surface area contributed by atoms with Gasteiger partial charge in [-0.25, -0.2) is 17.6 Å². The number of rotatable bonds is 4. The van der Waals surface area contributed by atoms with Crippen LogP contribution in [0.5, 0.6) is 5.75 Å². The quantitative estimate of drug-likeness (QED) is 0.891. The van der Waals surface area contributed by atoms with Crippen molar-refractivity contribution in [1.29, 1.82) is 0 Å². The van der Waals surface area contributed by atoms with E-state index in [2.05, 4.69) is 5.32 Å². The van der Waals surface area contributed by atoms with E-state index in [1.807, 2.05) is 0 Å². The molecule has 128 valence electrons. The second-order valence-corrected chi connectivity index (χ2v) is 7.84. The van der Waals surface area contributed by atoms with E-state index in [4.69, 9.17) is 4.74 Å². The van der Waals surface area contributed by atoms with Crippen LogP contribution in [-0.2, 0) is 16.3 Å². The highest BCUT2D eigenvalue weighted by Crippen LogP contribution is 2.17. The first-order chi connectivity index (χ1) is 10.8. The number of methoxy groups -OCH3 is 1. The third-order valence-electron chi connectivity index (χ3n) is 3.84. The molecule has 1 fully saturated rings. The number of urea groups is 1. The first-order valence-corrected chi connectivity index (χ1v) is 9.22. The number of nitrogens with one attached hydrogen (secondary N) is 1. The lowest BCUT2D eigenvalue weighted by atomic mass is 10.1. The highest BCUT2D eigenvalue weighted by atomic mass is 32.2. The molecule has 0 spiro atoms. The average Bonchev–Trinajstić information content (AvgIpc) is 2.46. The normalized spacial score (nSPS) is 20.1. The van der Waals surface area contributed by atoms with E-state index in [0.717, 1.165) is 5.56 Å². The minimum Gasteiger partial charge on any atom is -0.494 e. The van der Waals surface area contributed by atoms with Crippen molar-refractivity contribution in [3.8, 4) is 5.75 Å². The summed E-state index contributed by atoms with van der Waals surface area (Å²) in [5.41, 5.74) is 0.748. The van der Waals surface area contributed by atoms with Crippen LogP contribution in [0.15, 0.2) is 18.2 Å².